The lowest BCUT2D eigenvalue weighted by molar-refractivity contribution is -0.131. The van der Waals surface area contributed by atoms with Crippen LogP contribution in [0.2, 0.25) is 5.02 Å². The molecule has 0 saturated carbocycles. The molecule has 0 unspecified atom stereocenters. The van der Waals surface area contributed by atoms with E-state index in [0.29, 0.717) is 37.6 Å². The molecule has 0 spiro atoms. The Kier molecular flexibility index (Phi) is 4.98. The molecule has 1 saturated heterocycles. The molecule has 0 atom stereocenters. The maximum Gasteiger partial charge on any atom is 0.264 e. The maximum atomic E-state index is 12.4. The van der Waals surface area contributed by atoms with Crippen LogP contribution >= 0.6 is 22.9 Å². The molecule has 1 aliphatic heterocycles. The molecule has 1 aliphatic rings. The number of carbonyl (C=O) groups is 2. The van der Waals surface area contributed by atoms with Crippen LogP contribution < -0.4 is 0 Å². The molecule has 0 bridgehead atoms. The van der Waals surface area contributed by atoms with Crippen LogP contribution in [0.4, 0.5) is 0 Å². The monoisotopic (exact) mass is 348 g/mol. The second-order valence-corrected chi connectivity index (χ2v) is 6.84. The smallest absolute Gasteiger partial charge is 0.264 e. The summed E-state index contributed by atoms with van der Waals surface area (Å²) in [5, 5.41) is 2.54. The molecule has 6 heteroatoms. The van der Waals surface area contributed by atoms with Gasteiger partial charge in [0.2, 0.25) is 5.91 Å². The van der Waals surface area contributed by atoms with Gasteiger partial charge >= 0.3 is 0 Å². The first-order valence-electron chi connectivity index (χ1n) is 7.48. The third kappa shape index (κ3) is 3.92. The van der Waals surface area contributed by atoms with Gasteiger partial charge < -0.3 is 9.80 Å². The first-order valence-corrected chi connectivity index (χ1v) is 8.74. The van der Waals surface area contributed by atoms with E-state index in [-0.39, 0.29) is 11.8 Å². The minimum Gasteiger partial charge on any atom is -0.339 e. The van der Waals surface area contributed by atoms with Gasteiger partial charge in [-0.15, -0.1) is 11.3 Å². The van der Waals surface area contributed by atoms with Crippen molar-refractivity contribution >= 4 is 34.8 Å². The van der Waals surface area contributed by atoms with Gasteiger partial charge in [0.05, 0.1) is 11.3 Å². The summed E-state index contributed by atoms with van der Waals surface area (Å²) >= 11 is 7.40. The van der Waals surface area contributed by atoms with E-state index in [2.05, 4.69) is 0 Å². The molecule has 1 aromatic carbocycles. The van der Waals surface area contributed by atoms with Crippen LogP contribution in [-0.4, -0.2) is 47.8 Å². The van der Waals surface area contributed by atoms with Crippen molar-refractivity contribution in [1.29, 1.82) is 0 Å². The zero-order valence-electron chi connectivity index (χ0n) is 12.6. The number of piperazine rings is 1. The van der Waals surface area contributed by atoms with E-state index in [9.17, 15) is 9.59 Å². The Hall–Kier alpha value is -1.85. The predicted molar refractivity (Wildman–Crippen MR) is 92.0 cm³/mol. The number of nitrogens with zero attached hydrogens (tertiary/aromatic N) is 2. The van der Waals surface area contributed by atoms with Crippen LogP contribution in [0.15, 0.2) is 41.8 Å². The Morgan fingerprint density at radius 1 is 1.04 bits per heavy atom. The summed E-state index contributed by atoms with van der Waals surface area (Å²) in [6, 6.07) is 11.1. The lowest BCUT2D eigenvalue weighted by Crippen LogP contribution is -2.50. The fourth-order valence-corrected chi connectivity index (χ4v) is 3.55. The Morgan fingerprint density at radius 3 is 2.43 bits per heavy atom. The van der Waals surface area contributed by atoms with Crippen molar-refractivity contribution in [1.82, 2.24) is 9.80 Å². The molecule has 0 radical (unpaired) electrons. The highest BCUT2D eigenvalue weighted by Crippen LogP contribution is 2.15. The topological polar surface area (TPSA) is 40.6 Å². The fraction of sp³-hybridized carbons (Fsp3) is 0.294. The highest BCUT2D eigenvalue weighted by molar-refractivity contribution is 7.12. The van der Waals surface area contributed by atoms with Gasteiger partial charge in [-0.25, -0.2) is 0 Å². The highest BCUT2D eigenvalue weighted by Gasteiger charge is 2.25. The normalized spacial score (nSPS) is 14.8. The summed E-state index contributed by atoms with van der Waals surface area (Å²) in [7, 11) is 0. The number of benzene rings is 1. The molecule has 1 aromatic heterocycles. The number of halogens is 1. The van der Waals surface area contributed by atoms with Gasteiger partial charge in [0, 0.05) is 31.2 Å². The number of rotatable bonds is 3. The Morgan fingerprint density at radius 2 is 1.78 bits per heavy atom. The third-order valence-corrected chi connectivity index (χ3v) is 4.99. The van der Waals surface area contributed by atoms with E-state index in [1.54, 1.807) is 6.07 Å². The average molecular weight is 349 g/mol. The second-order valence-electron chi connectivity index (χ2n) is 5.46. The number of amides is 2. The van der Waals surface area contributed by atoms with Crippen LogP contribution in [0.1, 0.15) is 15.2 Å². The van der Waals surface area contributed by atoms with E-state index in [4.69, 9.17) is 11.6 Å². The van der Waals surface area contributed by atoms with E-state index in [1.807, 2.05) is 45.5 Å². The maximum absolute atomic E-state index is 12.4. The van der Waals surface area contributed by atoms with Crippen LogP contribution in [-0.2, 0) is 11.2 Å². The summed E-state index contributed by atoms with van der Waals surface area (Å²) in [6.07, 6.45) is 0.347. The van der Waals surface area contributed by atoms with Crippen molar-refractivity contribution < 1.29 is 9.59 Å². The Labute approximate surface area is 144 Å². The van der Waals surface area contributed by atoms with Gasteiger partial charge in [-0.2, -0.15) is 0 Å². The lowest BCUT2D eigenvalue weighted by Gasteiger charge is -2.34. The van der Waals surface area contributed by atoms with Crippen molar-refractivity contribution in [2.24, 2.45) is 0 Å². The summed E-state index contributed by atoms with van der Waals surface area (Å²) in [5.74, 6) is 0.137. The minimum absolute atomic E-state index is 0.0574. The van der Waals surface area contributed by atoms with E-state index >= 15 is 0 Å². The zero-order chi connectivity index (χ0) is 16.2. The zero-order valence-corrected chi connectivity index (χ0v) is 14.1. The van der Waals surface area contributed by atoms with Crippen molar-refractivity contribution in [3.8, 4) is 0 Å². The predicted octanol–water partition coefficient (Wildman–Crippen LogP) is 2.93. The Balaban J connectivity index is 1.54. The third-order valence-electron chi connectivity index (χ3n) is 3.90. The SMILES string of the molecule is O=C(Cc1cccc(Cl)c1)N1CCN(C(=O)c2cccs2)CC1. The summed E-state index contributed by atoms with van der Waals surface area (Å²) in [5.41, 5.74) is 0.916. The number of thiophene rings is 1. The molecule has 3 rings (SSSR count). The summed E-state index contributed by atoms with van der Waals surface area (Å²) in [4.78, 5) is 29.0. The molecule has 2 heterocycles. The average Bonchev–Trinajstić information content (AvgIpc) is 3.09. The lowest BCUT2D eigenvalue weighted by atomic mass is 10.1. The largest absolute Gasteiger partial charge is 0.339 e. The molecular weight excluding hydrogens is 332 g/mol. The van der Waals surface area contributed by atoms with Crippen LogP contribution in [0.5, 0.6) is 0 Å². The number of hydrogen-bond donors (Lipinski definition) is 0. The summed E-state index contributed by atoms with van der Waals surface area (Å²) in [6.45, 7) is 2.32. The molecule has 0 aliphatic carbocycles. The van der Waals surface area contributed by atoms with Crippen molar-refractivity contribution in [2.45, 2.75) is 6.42 Å². The van der Waals surface area contributed by atoms with Crippen LogP contribution in [0.3, 0.4) is 0 Å². The first kappa shape index (κ1) is 16.0. The van der Waals surface area contributed by atoms with Gasteiger partial charge in [-0.3, -0.25) is 9.59 Å². The van der Waals surface area contributed by atoms with Crippen LogP contribution in [0, 0.1) is 0 Å². The molecule has 0 N–H and O–H groups in total. The molecule has 4 nitrogen and oxygen atoms in total. The van der Waals surface area contributed by atoms with Crippen molar-refractivity contribution in [2.75, 3.05) is 26.2 Å². The fourth-order valence-electron chi connectivity index (χ4n) is 2.65. The van der Waals surface area contributed by atoms with Gasteiger partial charge in [-0.05, 0) is 29.1 Å². The van der Waals surface area contributed by atoms with E-state index in [1.165, 1.54) is 11.3 Å². The minimum atomic E-state index is 0.0574. The van der Waals surface area contributed by atoms with Crippen molar-refractivity contribution in [3.63, 3.8) is 0 Å². The van der Waals surface area contributed by atoms with Crippen molar-refractivity contribution in [3.05, 3.63) is 57.2 Å². The standard InChI is InChI=1S/C17H17ClN2O2S/c18-14-4-1-3-13(11-14)12-16(21)19-6-8-20(9-7-19)17(22)15-5-2-10-23-15/h1-5,10-11H,6-9,12H2. The van der Waals surface area contributed by atoms with E-state index in [0.717, 1.165) is 10.4 Å². The molecular formula is C17H17ClN2O2S. The number of carbonyl (C=O) groups excluding carboxylic acids is 2. The molecule has 2 amide bonds. The van der Waals surface area contributed by atoms with Crippen LogP contribution in [0.25, 0.3) is 0 Å². The van der Waals surface area contributed by atoms with Gasteiger partial charge in [-0.1, -0.05) is 29.8 Å². The van der Waals surface area contributed by atoms with Gasteiger partial charge in [0.25, 0.3) is 5.91 Å². The first-order chi connectivity index (χ1) is 11.1. The Bertz CT molecular complexity index is 694. The molecule has 1 fully saturated rings. The number of hydrogen-bond acceptors (Lipinski definition) is 3. The molecule has 2 aromatic rings. The molecule has 23 heavy (non-hydrogen) atoms. The van der Waals surface area contributed by atoms with Gasteiger partial charge in [0.1, 0.15) is 0 Å². The van der Waals surface area contributed by atoms with Gasteiger partial charge in [0.15, 0.2) is 0 Å². The second kappa shape index (κ2) is 7.15. The molecule has 120 valence electrons. The quantitative estimate of drug-likeness (QED) is 0.855. The summed E-state index contributed by atoms with van der Waals surface area (Å²) < 4.78 is 0. The highest BCUT2D eigenvalue weighted by atomic mass is 35.5. The van der Waals surface area contributed by atoms with E-state index < -0.39 is 0 Å².